The number of rotatable bonds is 1. The Morgan fingerprint density at radius 1 is 1.06 bits per heavy atom. The van der Waals surface area contributed by atoms with E-state index < -0.39 is 0 Å². The molecule has 2 aromatic rings. The van der Waals surface area contributed by atoms with Gasteiger partial charge in [-0.2, -0.15) is 0 Å². The van der Waals surface area contributed by atoms with E-state index in [1.54, 1.807) is 0 Å². The molecule has 0 saturated carbocycles. The summed E-state index contributed by atoms with van der Waals surface area (Å²) in [5.41, 5.74) is 3.69. The molecule has 1 N–H and O–H groups in total. The Kier molecular flexibility index (Phi) is 3.98. The molecule has 0 spiro atoms. The van der Waals surface area contributed by atoms with Gasteiger partial charge in [-0.15, -0.1) is 12.4 Å². The van der Waals surface area contributed by atoms with Crippen molar-refractivity contribution in [1.82, 2.24) is 5.32 Å². The highest BCUT2D eigenvalue weighted by molar-refractivity contribution is 5.85. The van der Waals surface area contributed by atoms with Crippen molar-refractivity contribution >= 4 is 23.4 Å². The lowest BCUT2D eigenvalue weighted by Crippen LogP contribution is -2.26. The molecule has 0 radical (unpaired) electrons. The number of furan rings is 1. The molecular formula is C15H20ClNO. The molecule has 3 rings (SSSR count). The van der Waals surface area contributed by atoms with Crippen LogP contribution in [0.5, 0.6) is 0 Å². The molecule has 98 valence electrons. The van der Waals surface area contributed by atoms with Crippen molar-refractivity contribution in [2.24, 2.45) is 0 Å². The van der Waals surface area contributed by atoms with Crippen LogP contribution in [0.25, 0.3) is 11.0 Å². The number of nitrogens with one attached hydrogen (secondary N) is 1. The van der Waals surface area contributed by atoms with Gasteiger partial charge in [0.1, 0.15) is 11.3 Å². The normalized spacial score (nSPS) is 16.8. The third kappa shape index (κ3) is 2.40. The first-order chi connectivity index (χ1) is 8.24. The summed E-state index contributed by atoms with van der Waals surface area (Å²) in [6.45, 7) is 6.52. The van der Waals surface area contributed by atoms with Gasteiger partial charge in [-0.1, -0.05) is 0 Å². The lowest BCUT2D eigenvalue weighted by atomic mass is 9.95. The van der Waals surface area contributed by atoms with Crippen LogP contribution < -0.4 is 5.32 Å². The predicted molar refractivity (Wildman–Crippen MR) is 77.8 cm³/mol. The SMILES string of the molecule is Cc1cc2cc(C3CCNCC3)oc2cc1C.Cl. The molecule has 0 bridgehead atoms. The fourth-order valence-corrected chi connectivity index (χ4v) is 2.63. The largest absolute Gasteiger partial charge is 0.461 e. The standard InChI is InChI=1S/C15H19NO.ClH/c1-10-7-13-9-15(12-3-5-16-6-4-12)17-14(13)8-11(10)2;/h7-9,12,16H,3-6H2,1-2H3;1H. The van der Waals surface area contributed by atoms with E-state index in [1.165, 1.54) is 35.1 Å². The van der Waals surface area contributed by atoms with E-state index in [2.05, 4.69) is 37.4 Å². The number of halogens is 1. The maximum Gasteiger partial charge on any atom is 0.134 e. The highest BCUT2D eigenvalue weighted by atomic mass is 35.5. The Morgan fingerprint density at radius 2 is 1.72 bits per heavy atom. The number of piperidine rings is 1. The summed E-state index contributed by atoms with van der Waals surface area (Å²) in [5.74, 6) is 1.77. The summed E-state index contributed by atoms with van der Waals surface area (Å²) in [4.78, 5) is 0. The molecule has 1 saturated heterocycles. The Morgan fingerprint density at radius 3 is 2.44 bits per heavy atom. The lowest BCUT2D eigenvalue weighted by Gasteiger charge is -2.20. The van der Waals surface area contributed by atoms with Crippen molar-refractivity contribution in [2.45, 2.75) is 32.6 Å². The maximum absolute atomic E-state index is 6.02. The topological polar surface area (TPSA) is 25.2 Å². The zero-order valence-corrected chi connectivity index (χ0v) is 11.8. The molecule has 0 unspecified atom stereocenters. The molecule has 1 aromatic carbocycles. The first kappa shape index (κ1) is 13.4. The molecule has 2 nitrogen and oxygen atoms in total. The van der Waals surface area contributed by atoms with Gasteiger partial charge < -0.3 is 9.73 Å². The van der Waals surface area contributed by atoms with Crippen molar-refractivity contribution in [3.8, 4) is 0 Å². The van der Waals surface area contributed by atoms with Gasteiger partial charge in [0.15, 0.2) is 0 Å². The van der Waals surface area contributed by atoms with Crippen molar-refractivity contribution in [3.63, 3.8) is 0 Å². The summed E-state index contributed by atoms with van der Waals surface area (Å²) < 4.78 is 6.02. The average molecular weight is 266 g/mol. The summed E-state index contributed by atoms with van der Waals surface area (Å²) >= 11 is 0. The highest BCUT2D eigenvalue weighted by Crippen LogP contribution is 2.31. The molecule has 1 aromatic heterocycles. The van der Waals surface area contributed by atoms with Crippen molar-refractivity contribution in [1.29, 1.82) is 0 Å². The lowest BCUT2D eigenvalue weighted by molar-refractivity contribution is 0.397. The minimum Gasteiger partial charge on any atom is -0.461 e. The minimum atomic E-state index is 0. The summed E-state index contributed by atoms with van der Waals surface area (Å²) in [5, 5.41) is 4.65. The molecule has 1 aliphatic heterocycles. The number of benzene rings is 1. The van der Waals surface area contributed by atoms with Gasteiger partial charge in [0.2, 0.25) is 0 Å². The quantitative estimate of drug-likeness (QED) is 0.845. The second-order valence-corrected chi connectivity index (χ2v) is 5.15. The molecule has 1 aliphatic rings. The monoisotopic (exact) mass is 265 g/mol. The van der Waals surface area contributed by atoms with Crippen LogP contribution in [-0.4, -0.2) is 13.1 Å². The van der Waals surface area contributed by atoms with Crippen LogP contribution in [-0.2, 0) is 0 Å². The van der Waals surface area contributed by atoms with Crippen LogP contribution >= 0.6 is 12.4 Å². The van der Waals surface area contributed by atoms with E-state index in [0.29, 0.717) is 5.92 Å². The van der Waals surface area contributed by atoms with Crippen LogP contribution in [0.15, 0.2) is 22.6 Å². The van der Waals surface area contributed by atoms with Crippen LogP contribution in [0, 0.1) is 13.8 Å². The van der Waals surface area contributed by atoms with Crippen LogP contribution in [0.2, 0.25) is 0 Å². The molecule has 0 aliphatic carbocycles. The van der Waals surface area contributed by atoms with Gasteiger partial charge in [0.05, 0.1) is 0 Å². The average Bonchev–Trinajstić information content (AvgIpc) is 2.74. The Hall–Kier alpha value is -0.990. The summed E-state index contributed by atoms with van der Waals surface area (Å²) in [7, 11) is 0. The van der Waals surface area contributed by atoms with Gasteiger partial charge in [-0.3, -0.25) is 0 Å². The van der Waals surface area contributed by atoms with Crippen molar-refractivity contribution in [3.05, 3.63) is 35.1 Å². The van der Waals surface area contributed by atoms with E-state index in [-0.39, 0.29) is 12.4 Å². The number of aryl methyl sites for hydroxylation is 2. The smallest absolute Gasteiger partial charge is 0.134 e. The van der Waals surface area contributed by atoms with Gasteiger partial charge in [0, 0.05) is 11.3 Å². The van der Waals surface area contributed by atoms with E-state index in [4.69, 9.17) is 4.42 Å². The zero-order valence-electron chi connectivity index (χ0n) is 11.0. The first-order valence-corrected chi connectivity index (χ1v) is 6.45. The fourth-order valence-electron chi connectivity index (χ4n) is 2.63. The van der Waals surface area contributed by atoms with E-state index in [9.17, 15) is 0 Å². The first-order valence-electron chi connectivity index (χ1n) is 6.45. The molecule has 0 atom stereocenters. The Labute approximate surface area is 114 Å². The Balaban J connectivity index is 0.00000120. The van der Waals surface area contributed by atoms with Crippen molar-refractivity contribution in [2.75, 3.05) is 13.1 Å². The summed E-state index contributed by atoms with van der Waals surface area (Å²) in [6.07, 6.45) is 2.38. The van der Waals surface area contributed by atoms with Crippen LogP contribution in [0.1, 0.15) is 35.6 Å². The molecule has 2 heterocycles. The second-order valence-electron chi connectivity index (χ2n) is 5.15. The zero-order chi connectivity index (χ0) is 11.8. The summed E-state index contributed by atoms with van der Waals surface area (Å²) in [6, 6.07) is 6.63. The number of hydrogen-bond donors (Lipinski definition) is 1. The predicted octanol–water partition coefficient (Wildman–Crippen LogP) is 3.94. The van der Waals surface area contributed by atoms with Crippen molar-refractivity contribution < 1.29 is 4.42 Å². The van der Waals surface area contributed by atoms with E-state index >= 15 is 0 Å². The highest BCUT2D eigenvalue weighted by Gasteiger charge is 2.19. The van der Waals surface area contributed by atoms with Crippen LogP contribution in [0.4, 0.5) is 0 Å². The van der Waals surface area contributed by atoms with Gasteiger partial charge in [0.25, 0.3) is 0 Å². The Bertz CT molecular complexity index is 502. The molecular weight excluding hydrogens is 246 g/mol. The van der Waals surface area contributed by atoms with E-state index in [1.807, 2.05) is 0 Å². The minimum absolute atomic E-state index is 0. The van der Waals surface area contributed by atoms with E-state index in [0.717, 1.165) is 18.7 Å². The van der Waals surface area contributed by atoms with Gasteiger partial charge >= 0.3 is 0 Å². The number of fused-ring (bicyclic) bond motifs is 1. The molecule has 18 heavy (non-hydrogen) atoms. The molecule has 3 heteroatoms. The number of hydrogen-bond acceptors (Lipinski definition) is 2. The van der Waals surface area contributed by atoms with Crippen LogP contribution in [0.3, 0.4) is 0 Å². The third-order valence-corrected chi connectivity index (χ3v) is 3.89. The molecule has 1 fully saturated rings. The maximum atomic E-state index is 6.02. The second kappa shape index (κ2) is 5.33. The van der Waals surface area contributed by atoms with Gasteiger partial charge in [-0.25, -0.2) is 0 Å². The fraction of sp³-hybridized carbons (Fsp3) is 0.467. The molecule has 0 amide bonds. The third-order valence-electron chi connectivity index (χ3n) is 3.89. The van der Waals surface area contributed by atoms with Gasteiger partial charge in [-0.05, 0) is 69.1 Å².